The summed E-state index contributed by atoms with van der Waals surface area (Å²) in [7, 11) is 0. The van der Waals surface area contributed by atoms with Crippen LogP contribution >= 0.6 is 0 Å². The summed E-state index contributed by atoms with van der Waals surface area (Å²) in [5.41, 5.74) is 3.19. The van der Waals surface area contributed by atoms with Crippen molar-refractivity contribution in [2.24, 2.45) is 5.92 Å². The van der Waals surface area contributed by atoms with Crippen LogP contribution in [-0.4, -0.2) is 52.8 Å². The fraction of sp³-hybridized carbons (Fsp3) is 0.444. The summed E-state index contributed by atoms with van der Waals surface area (Å²) in [6.07, 6.45) is 5.84. The molecule has 1 atom stereocenters. The smallest absolute Gasteiger partial charge is 0.253 e. The number of hydrogen-bond acceptors (Lipinski definition) is 3. The van der Waals surface area contributed by atoms with E-state index in [1.54, 1.807) is 0 Å². The van der Waals surface area contributed by atoms with Gasteiger partial charge in [0.05, 0.1) is 6.10 Å². The van der Waals surface area contributed by atoms with Crippen molar-refractivity contribution in [1.82, 2.24) is 14.8 Å². The molecule has 2 N–H and O–H groups in total. The molecule has 32 heavy (non-hydrogen) atoms. The van der Waals surface area contributed by atoms with Crippen LogP contribution < -0.4 is 5.32 Å². The number of benzene rings is 2. The molecule has 1 fully saturated rings. The number of aliphatic hydroxyl groups excluding tert-OH is 1. The van der Waals surface area contributed by atoms with Crippen molar-refractivity contribution in [3.8, 4) is 0 Å². The van der Waals surface area contributed by atoms with Gasteiger partial charge in [-0.05, 0) is 68.0 Å². The van der Waals surface area contributed by atoms with Gasteiger partial charge in [-0.1, -0.05) is 37.3 Å². The SMILES string of the molecule is CCCNCC(O)Cn1ccc2cc(C(=O)N3CCC(Cc4ccccc4)CC3)ccc21. The number of aromatic nitrogens is 1. The highest BCUT2D eigenvalue weighted by molar-refractivity contribution is 5.98. The molecule has 3 aromatic rings. The summed E-state index contributed by atoms with van der Waals surface area (Å²) in [4.78, 5) is 15.1. The van der Waals surface area contributed by atoms with Gasteiger partial charge in [0.25, 0.3) is 5.91 Å². The maximum atomic E-state index is 13.1. The van der Waals surface area contributed by atoms with Gasteiger partial charge in [0.15, 0.2) is 0 Å². The molecule has 1 aliphatic heterocycles. The lowest BCUT2D eigenvalue weighted by Crippen LogP contribution is -2.38. The molecule has 1 unspecified atom stereocenters. The topological polar surface area (TPSA) is 57.5 Å². The van der Waals surface area contributed by atoms with Crippen LogP contribution in [0.15, 0.2) is 60.8 Å². The van der Waals surface area contributed by atoms with Crippen LogP contribution in [0.25, 0.3) is 10.9 Å². The summed E-state index contributed by atoms with van der Waals surface area (Å²) in [5, 5.41) is 14.6. The van der Waals surface area contributed by atoms with E-state index in [4.69, 9.17) is 0 Å². The number of likely N-dealkylation sites (tertiary alicyclic amines) is 1. The maximum Gasteiger partial charge on any atom is 0.253 e. The quantitative estimate of drug-likeness (QED) is 0.500. The zero-order chi connectivity index (χ0) is 22.3. The maximum absolute atomic E-state index is 13.1. The minimum absolute atomic E-state index is 0.126. The third-order valence-electron chi connectivity index (χ3n) is 6.50. The van der Waals surface area contributed by atoms with Gasteiger partial charge in [0.2, 0.25) is 0 Å². The molecule has 4 rings (SSSR count). The van der Waals surface area contributed by atoms with Crippen LogP contribution in [0.2, 0.25) is 0 Å². The molecule has 1 saturated heterocycles. The predicted octanol–water partition coefficient (Wildman–Crippen LogP) is 4.10. The van der Waals surface area contributed by atoms with Crippen LogP contribution in [-0.2, 0) is 13.0 Å². The van der Waals surface area contributed by atoms with Gasteiger partial charge in [0, 0.05) is 48.8 Å². The lowest BCUT2D eigenvalue weighted by Gasteiger charge is -2.32. The first-order chi connectivity index (χ1) is 15.6. The molecule has 0 radical (unpaired) electrons. The monoisotopic (exact) mass is 433 g/mol. The Kier molecular flexibility index (Phi) is 7.61. The number of fused-ring (bicyclic) bond motifs is 1. The Balaban J connectivity index is 1.34. The molecule has 5 heteroatoms. The van der Waals surface area contributed by atoms with Crippen LogP contribution in [0.1, 0.15) is 42.1 Å². The lowest BCUT2D eigenvalue weighted by atomic mass is 9.90. The Labute approximate surface area is 191 Å². The van der Waals surface area contributed by atoms with Gasteiger partial charge >= 0.3 is 0 Å². The highest BCUT2D eigenvalue weighted by Gasteiger charge is 2.24. The van der Waals surface area contributed by atoms with Crippen molar-refractivity contribution >= 4 is 16.8 Å². The summed E-state index contributed by atoms with van der Waals surface area (Å²) >= 11 is 0. The molecule has 1 aliphatic rings. The number of carbonyl (C=O) groups is 1. The van der Waals surface area contributed by atoms with Crippen molar-refractivity contribution < 1.29 is 9.90 Å². The van der Waals surface area contributed by atoms with Gasteiger partial charge in [-0.15, -0.1) is 0 Å². The molecule has 5 nitrogen and oxygen atoms in total. The third kappa shape index (κ3) is 5.59. The Morgan fingerprint density at radius 3 is 2.66 bits per heavy atom. The van der Waals surface area contributed by atoms with E-state index in [-0.39, 0.29) is 5.91 Å². The number of piperidine rings is 1. The second kappa shape index (κ2) is 10.8. The number of nitrogens with one attached hydrogen (secondary N) is 1. The molecule has 0 bridgehead atoms. The number of amides is 1. The highest BCUT2D eigenvalue weighted by Crippen LogP contribution is 2.24. The number of nitrogens with zero attached hydrogens (tertiary/aromatic N) is 2. The molecule has 0 aliphatic carbocycles. The summed E-state index contributed by atoms with van der Waals surface area (Å²) in [6.45, 7) is 5.81. The molecule has 0 saturated carbocycles. The number of hydrogen-bond donors (Lipinski definition) is 2. The van der Waals surface area contributed by atoms with Gasteiger partial charge < -0.3 is 19.9 Å². The van der Waals surface area contributed by atoms with E-state index in [0.717, 1.165) is 61.8 Å². The van der Waals surface area contributed by atoms with Gasteiger partial charge in [-0.2, -0.15) is 0 Å². The third-order valence-corrected chi connectivity index (χ3v) is 6.50. The molecule has 1 aromatic heterocycles. The number of aliphatic hydroxyl groups is 1. The molecular weight excluding hydrogens is 398 g/mol. The Morgan fingerprint density at radius 1 is 1.12 bits per heavy atom. The second-order valence-electron chi connectivity index (χ2n) is 9.02. The minimum Gasteiger partial charge on any atom is -0.390 e. The van der Waals surface area contributed by atoms with Crippen molar-refractivity contribution in [3.05, 3.63) is 71.9 Å². The highest BCUT2D eigenvalue weighted by atomic mass is 16.3. The fourth-order valence-electron chi connectivity index (χ4n) is 4.70. The predicted molar refractivity (Wildman–Crippen MR) is 130 cm³/mol. The van der Waals surface area contributed by atoms with Crippen molar-refractivity contribution in [1.29, 1.82) is 0 Å². The summed E-state index contributed by atoms with van der Waals surface area (Å²) in [6, 6.07) is 18.6. The van der Waals surface area contributed by atoms with Gasteiger partial charge in [-0.25, -0.2) is 0 Å². The Bertz CT molecular complexity index is 1010. The fourth-order valence-corrected chi connectivity index (χ4v) is 4.70. The number of carbonyl (C=O) groups excluding carboxylic acids is 1. The van der Waals surface area contributed by atoms with Gasteiger partial charge in [0.1, 0.15) is 0 Å². The van der Waals surface area contributed by atoms with Crippen LogP contribution in [0.5, 0.6) is 0 Å². The largest absolute Gasteiger partial charge is 0.390 e. The zero-order valence-corrected chi connectivity index (χ0v) is 19.0. The van der Waals surface area contributed by atoms with E-state index in [2.05, 4.69) is 47.1 Å². The van der Waals surface area contributed by atoms with Crippen molar-refractivity contribution in [3.63, 3.8) is 0 Å². The van der Waals surface area contributed by atoms with E-state index in [9.17, 15) is 9.90 Å². The summed E-state index contributed by atoms with van der Waals surface area (Å²) < 4.78 is 2.07. The Morgan fingerprint density at radius 2 is 1.91 bits per heavy atom. The molecule has 2 heterocycles. The van der Waals surface area contributed by atoms with E-state index in [1.807, 2.05) is 35.4 Å². The van der Waals surface area contributed by atoms with E-state index < -0.39 is 6.10 Å². The number of rotatable bonds is 9. The average molecular weight is 434 g/mol. The van der Waals surface area contributed by atoms with E-state index in [0.29, 0.717) is 19.0 Å². The molecule has 0 spiro atoms. The van der Waals surface area contributed by atoms with Crippen LogP contribution in [0, 0.1) is 5.92 Å². The molecule has 2 aromatic carbocycles. The van der Waals surface area contributed by atoms with Gasteiger partial charge in [-0.3, -0.25) is 4.79 Å². The first-order valence-corrected chi connectivity index (χ1v) is 11.9. The van der Waals surface area contributed by atoms with Crippen molar-refractivity contribution in [2.45, 2.75) is 45.3 Å². The molecule has 170 valence electrons. The van der Waals surface area contributed by atoms with Crippen LogP contribution in [0.4, 0.5) is 0 Å². The first kappa shape index (κ1) is 22.6. The zero-order valence-electron chi connectivity index (χ0n) is 19.0. The normalized spacial score (nSPS) is 15.9. The lowest BCUT2D eigenvalue weighted by molar-refractivity contribution is 0.0690. The molecule has 1 amide bonds. The average Bonchev–Trinajstić information content (AvgIpc) is 3.22. The summed E-state index contributed by atoms with van der Waals surface area (Å²) in [5.74, 6) is 0.776. The first-order valence-electron chi connectivity index (χ1n) is 11.9. The van der Waals surface area contributed by atoms with E-state index in [1.165, 1.54) is 5.56 Å². The second-order valence-corrected chi connectivity index (χ2v) is 9.02. The minimum atomic E-state index is -0.435. The van der Waals surface area contributed by atoms with Crippen LogP contribution in [0.3, 0.4) is 0 Å². The Hall–Kier alpha value is -2.63. The van der Waals surface area contributed by atoms with E-state index >= 15 is 0 Å². The van der Waals surface area contributed by atoms with Crippen molar-refractivity contribution in [2.75, 3.05) is 26.2 Å². The standard InChI is InChI=1S/C27H35N3O2/c1-2-13-28-19-25(31)20-30-16-12-23-18-24(8-9-26(23)30)27(32)29-14-10-22(11-15-29)17-21-6-4-3-5-7-21/h3-9,12,16,18,22,25,28,31H,2,10-11,13-15,17,19-20H2,1H3. The molecular formula is C27H35N3O2.